The number of halogens is 1. The van der Waals surface area contributed by atoms with Crippen molar-refractivity contribution < 1.29 is 8.83 Å². The fourth-order valence-corrected chi connectivity index (χ4v) is 1.00. The zero-order valence-electron chi connectivity index (χ0n) is 6.16. The normalized spacial score (nSPS) is 10.4. The van der Waals surface area contributed by atoms with E-state index in [1.807, 2.05) is 0 Å². The summed E-state index contributed by atoms with van der Waals surface area (Å²) in [5, 5.41) is 0. The summed E-state index contributed by atoms with van der Waals surface area (Å²) in [5.41, 5.74) is 0.711. The molecule has 0 fully saturated rings. The van der Waals surface area contributed by atoms with Crippen LogP contribution in [0.4, 0.5) is 0 Å². The summed E-state index contributed by atoms with van der Waals surface area (Å²) in [5.74, 6) is 1.44. The Morgan fingerprint density at radius 2 is 2.33 bits per heavy atom. The first-order valence-electron chi connectivity index (χ1n) is 3.44. The van der Waals surface area contributed by atoms with Crippen LogP contribution in [0.3, 0.4) is 0 Å². The summed E-state index contributed by atoms with van der Waals surface area (Å²) in [4.78, 5) is 4.08. The molecule has 2 heterocycles. The van der Waals surface area contributed by atoms with Crippen LogP contribution in [0, 0.1) is 0 Å². The Bertz CT molecular complexity index is 353. The van der Waals surface area contributed by atoms with E-state index in [9.17, 15) is 0 Å². The highest BCUT2D eigenvalue weighted by molar-refractivity contribution is 6.16. The maximum Gasteiger partial charge on any atom is 0.263 e. The van der Waals surface area contributed by atoms with Crippen molar-refractivity contribution in [1.82, 2.24) is 4.98 Å². The largest absolute Gasteiger partial charge is 0.459 e. The lowest BCUT2D eigenvalue weighted by Crippen LogP contribution is -1.76. The van der Waals surface area contributed by atoms with E-state index < -0.39 is 0 Å². The van der Waals surface area contributed by atoms with Crippen molar-refractivity contribution in [3.05, 3.63) is 30.4 Å². The Balaban J connectivity index is 2.35. The quantitative estimate of drug-likeness (QED) is 0.672. The van der Waals surface area contributed by atoms with Crippen LogP contribution in [0.1, 0.15) is 5.69 Å². The topological polar surface area (TPSA) is 39.2 Å². The molecule has 0 aliphatic heterocycles. The molecule has 0 aliphatic carbocycles. The third kappa shape index (κ3) is 1.23. The van der Waals surface area contributed by atoms with E-state index >= 15 is 0 Å². The van der Waals surface area contributed by atoms with Gasteiger partial charge in [0.1, 0.15) is 6.26 Å². The SMILES string of the molecule is ClCc1coc(-c2ccco2)n1. The second-order valence-corrected chi connectivity index (χ2v) is 2.52. The van der Waals surface area contributed by atoms with Crippen LogP contribution in [0.5, 0.6) is 0 Å². The molecule has 0 amide bonds. The lowest BCUT2D eigenvalue weighted by molar-refractivity contribution is 0.517. The number of nitrogens with zero attached hydrogens (tertiary/aromatic N) is 1. The van der Waals surface area contributed by atoms with E-state index in [1.165, 1.54) is 6.26 Å². The van der Waals surface area contributed by atoms with Gasteiger partial charge in [0, 0.05) is 0 Å². The highest BCUT2D eigenvalue weighted by Crippen LogP contribution is 2.19. The highest BCUT2D eigenvalue weighted by Gasteiger charge is 2.07. The maximum atomic E-state index is 5.55. The van der Waals surface area contributed by atoms with Gasteiger partial charge in [0.05, 0.1) is 17.8 Å². The number of rotatable bonds is 2. The Morgan fingerprint density at radius 3 is 2.92 bits per heavy atom. The predicted octanol–water partition coefficient (Wildman–Crippen LogP) is 2.67. The molecule has 0 spiro atoms. The molecule has 3 nitrogen and oxygen atoms in total. The molecule has 0 radical (unpaired) electrons. The van der Waals surface area contributed by atoms with Crippen molar-refractivity contribution in [2.45, 2.75) is 5.88 Å². The Kier molecular flexibility index (Phi) is 1.87. The number of aromatic nitrogens is 1. The molecule has 0 N–H and O–H groups in total. The van der Waals surface area contributed by atoms with Gasteiger partial charge < -0.3 is 8.83 Å². The molecular weight excluding hydrogens is 178 g/mol. The molecule has 2 aromatic rings. The fourth-order valence-electron chi connectivity index (χ4n) is 0.882. The number of hydrogen-bond donors (Lipinski definition) is 0. The van der Waals surface area contributed by atoms with Crippen molar-refractivity contribution in [2.75, 3.05) is 0 Å². The lowest BCUT2D eigenvalue weighted by atomic mass is 10.4. The molecule has 0 saturated heterocycles. The lowest BCUT2D eigenvalue weighted by Gasteiger charge is -1.84. The van der Waals surface area contributed by atoms with Gasteiger partial charge in [-0.15, -0.1) is 11.6 Å². The molecule has 2 aromatic heterocycles. The van der Waals surface area contributed by atoms with Crippen molar-refractivity contribution in [1.29, 1.82) is 0 Å². The van der Waals surface area contributed by atoms with Crippen LogP contribution in [-0.4, -0.2) is 4.98 Å². The average molecular weight is 184 g/mol. The van der Waals surface area contributed by atoms with E-state index in [1.54, 1.807) is 18.4 Å². The zero-order chi connectivity index (χ0) is 8.39. The molecule has 4 heteroatoms. The zero-order valence-corrected chi connectivity index (χ0v) is 6.91. The van der Waals surface area contributed by atoms with Crippen molar-refractivity contribution in [2.24, 2.45) is 0 Å². The third-order valence-corrected chi connectivity index (χ3v) is 1.69. The van der Waals surface area contributed by atoms with Crippen LogP contribution >= 0.6 is 11.6 Å². The van der Waals surface area contributed by atoms with Crippen LogP contribution in [0.15, 0.2) is 33.5 Å². The molecule has 0 unspecified atom stereocenters. The van der Waals surface area contributed by atoms with E-state index in [0.29, 0.717) is 23.2 Å². The van der Waals surface area contributed by atoms with E-state index in [0.717, 1.165) is 0 Å². The average Bonchev–Trinajstić information content (AvgIpc) is 2.75. The minimum Gasteiger partial charge on any atom is -0.459 e. The van der Waals surface area contributed by atoms with Gasteiger partial charge in [0.2, 0.25) is 0 Å². The maximum absolute atomic E-state index is 5.55. The van der Waals surface area contributed by atoms with Crippen LogP contribution in [0.25, 0.3) is 11.7 Å². The molecule has 62 valence electrons. The summed E-state index contributed by atoms with van der Waals surface area (Å²) in [7, 11) is 0. The highest BCUT2D eigenvalue weighted by atomic mass is 35.5. The van der Waals surface area contributed by atoms with Gasteiger partial charge in [-0.1, -0.05) is 0 Å². The Morgan fingerprint density at radius 1 is 1.42 bits per heavy atom. The van der Waals surface area contributed by atoms with E-state index in [-0.39, 0.29) is 0 Å². The first kappa shape index (κ1) is 7.43. The summed E-state index contributed by atoms with van der Waals surface area (Å²) in [6.45, 7) is 0. The van der Waals surface area contributed by atoms with Gasteiger partial charge in [-0.2, -0.15) is 0 Å². The van der Waals surface area contributed by atoms with Gasteiger partial charge in [0.15, 0.2) is 5.76 Å². The standard InChI is InChI=1S/C8H6ClNO2/c9-4-6-5-12-8(10-6)7-2-1-3-11-7/h1-3,5H,4H2. The second-order valence-electron chi connectivity index (χ2n) is 2.25. The number of oxazole rings is 1. The molecule has 0 aliphatic rings. The Labute approximate surface area is 74.0 Å². The molecule has 0 bridgehead atoms. The number of alkyl halides is 1. The molecule has 2 rings (SSSR count). The van der Waals surface area contributed by atoms with E-state index in [2.05, 4.69) is 4.98 Å². The van der Waals surface area contributed by atoms with Gasteiger partial charge in [-0.05, 0) is 12.1 Å². The first-order valence-corrected chi connectivity index (χ1v) is 3.98. The van der Waals surface area contributed by atoms with Crippen LogP contribution in [0.2, 0.25) is 0 Å². The second kappa shape index (κ2) is 3.03. The minimum atomic E-state index is 0.351. The smallest absolute Gasteiger partial charge is 0.263 e. The number of furan rings is 1. The summed E-state index contributed by atoms with van der Waals surface area (Å²) in [6.07, 6.45) is 3.09. The van der Waals surface area contributed by atoms with E-state index in [4.69, 9.17) is 20.4 Å². The Hall–Kier alpha value is -1.22. The van der Waals surface area contributed by atoms with Gasteiger partial charge in [-0.3, -0.25) is 0 Å². The first-order chi connectivity index (χ1) is 5.90. The number of hydrogen-bond acceptors (Lipinski definition) is 3. The third-order valence-electron chi connectivity index (χ3n) is 1.42. The van der Waals surface area contributed by atoms with Crippen molar-refractivity contribution in [3.63, 3.8) is 0 Å². The molecular formula is C8H6ClNO2. The van der Waals surface area contributed by atoms with Gasteiger partial charge in [0.25, 0.3) is 5.89 Å². The molecule has 0 saturated carbocycles. The minimum absolute atomic E-state index is 0.351. The monoisotopic (exact) mass is 183 g/mol. The molecule has 12 heavy (non-hydrogen) atoms. The van der Waals surface area contributed by atoms with Crippen LogP contribution < -0.4 is 0 Å². The van der Waals surface area contributed by atoms with Crippen molar-refractivity contribution in [3.8, 4) is 11.7 Å². The van der Waals surface area contributed by atoms with Gasteiger partial charge in [-0.25, -0.2) is 4.98 Å². The van der Waals surface area contributed by atoms with Crippen molar-refractivity contribution >= 4 is 11.6 Å². The summed E-state index contributed by atoms with van der Waals surface area (Å²) in [6, 6.07) is 3.56. The van der Waals surface area contributed by atoms with Crippen LogP contribution in [-0.2, 0) is 5.88 Å². The fraction of sp³-hybridized carbons (Fsp3) is 0.125. The van der Waals surface area contributed by atoms with Gasteiger partial charge >= 0.3 is 0 Å². The molecule has 0 aromatic carbocycles. The predicted molar refractivity (Wildman–Crippen MR) is 43.8 cm³/mol. The summed E-state index contributed by atoms with van der Waals surface area (Å²) >= 11 is 5.55. The summed E-state index contributed by atoms with van der Waals surface area (Å²) < 4.78 is 10.2. The molecule has 0 atom stereocenters.